The van der Waals surface area contributed by atoms with Gasteiger partial charge in [0.15, 0.2) is 5.16 Å². The average Bonchev–Trinajstić information content (AvgIpc) is 3.00. The second kappa shape index (κ2) is 6.46. The second-order valence-corrected chi connectivity index (χ2v) is 7.15. The van der Waals surface area contributed by atoms with Crippen LogP contribution in [0, 0.1) is 6.92 Å². The van der Waals surface area contributed by atoms with Gasteiger partial charge >= 0.3 is 0 Å². The molecule has 2 aromatic heterocycles. The molecule has 0 amide bonds. The Hall–Kier alpha value is -2.86. The Kier molecular flexibility index (Phi) is 4.12. The van der Waals surface area contributed by atoms with Crippen LogP contribution in [-0.4, -0.2) is 26.1 Å². The van der Waals surface area contributed by atoms with Crippen LogP contribution in [0.25, 0.3) is 27.6 Å². The van der Waals surface area contributed by atoms with E-state index in [2.05, 4.69) is 4.98 Å². The van der Waals surface area contributed by atoms with Gasteiger partial charge in [0.05, 0.1) is 11.4 Å². The van der Waals surface area contributed by atoms with Crippen LogP contribution in [0.3, 0.4) is 0 Å². The average molecular weight is 363 g/mol. The summed E-state index contributed by atoms with van der Waals surface area (Å²) < 4.78 is 1.60. The summed E-state index contributed by atoms with van der Waals surface area (Å²) in [4.78, 5) is 32.8. The molecule has 0 saturated heterocycles. The van der Waals surface area contributed by atoms with Crippen LogP contribution in [0.15, 0.2) is 58.5 Å². The number of aryl methyl sites for hydroxylation is 1. The number of nitrogens with zero attached hydrogens (tertiary/aromatic N) is 2. The van der Waals surface area contributed by atoms with Crippen LogP contribution >= 0.6 is 11.8 Å². The van der Waals surface area contributed by atoms with Crippen molar-refractivity contribution in [2.45, 2.75) is 19.0 Å². The van der Waals surface area contributed by atoms with Gasteiger partial charge in [0.1, 0.15) is 16.8 Å². The fourth-order valence-corrected chi connectivity index (χ4v) is 3.83. The van der Waals surface area contributed by atoms with Crippen molar-refractivity contribution >= 4 is 39.5 Å². The first-order valence-electron chi connectivity index (χ1n) is 8.28. The third-order valence-electron chi connectivity index (χ3n) is 4.26. The largest absolute Gasteiger partial charge is 0.349 e. The number of hydrogen-bond donors (Lipinski definition) is 1. The molecule has 0 fully saturated rings. The van der Waals surface area contributed by atoms with E-state index in [-0.39, 0.29) is 17.1 Å². The van der Waals surface area contributed by atoms with Gasteiger partial charge in [-0.05, 0) is 31.5 Å². The fourth-order valence-electron chi connectivity index (χ4n) is 3.03. The zero-order valence-corrected chi connectivity index (χ0v) is 15.3. The number of rotatable bonds is 4. The summed E-state index contributed by atoms with van der Waals surface area (Å²) in [5.41, 5.74) is 3.57. The minimum Gasteiger partial charge on any atom is -0.349 e. The molecule has 0 spiro atoms. The van der Waals surface area contributed by atoms with Crippen molar-refractivity contribution in [2.75, 3.05) is 5.75 Å². The van der Waals surface area contributed by atoms with E-state index in [0.29, 0.717) is 16.2 Å². The number of hydrogen-bond acceptors (Lipinski definition) is 4. The topological polar surface area (TPSA) is 67.8 Å². The number of Topliss-reactive ketones (excluding diaryl/α,β-unsaturated/α-hetero) is 1. The number of benzene rings is 2. The first-order chi connectivity index (χ1) is 12.6. The van der Waals surface area contributed by atoms with Gasteiger partial charge in [0.2, 0.25) is 0 Å². The van der Waals surface area contributed by atoms with E-state index >= 15 is 0 Å². The number of thioether (sulfide) groups is 1. The van der Waals surface area contributed by atoms with Crippen molar-refractivity contribution in [2.24, 2.45) is 0 Å². The first kappa shape index (κ1) is 16.6. The van der Waals surface area contributed by atoms with E-state index in [0.717, 1.165) is 22.2 Å². The Morgan fingerprint density at radius 3 is 2.65 bits per heavy atom. The molecule has 0 aliphatic heterocycles. The Balaban J connectivity index is 2.07. The fraction of sp³-hybridized carbons (Fsp3) is 0.150. The van der Waals surface area contributed by atoms with E-state index in [9.17, 15) is 9.59 Å². The van der Waals surface area contributed by atoms with Gasteiger partial charge in [-0.25, -0.2) is 4.98 Å². The van der Waals surface area contributed by atoms with Crippen molar-refractivity contribution in [3.8, 4) is 5.69 Å². The van der Waals surface area contributed by atoms with Crippen molar-refractivity contribution in [3.05, 3.63) is 64.4 Å². The molecule has 4 aromatic rings. The van der Waals surface area contributed by atoms with E-state index in [1.54, 1.807) is 4.57 Å². The summed E-state index contributed by atoms with van der Waals surface area (Å²) in [5.74, 6) is 0.311. The molecule has 2 heterocycles. The molecule has 1 N–H and O–H groups in total. The monoisotopic (exact) mass is 363 g/mol. The minimum atomic E-state index is -0.161. The molecular weight excluding hydrogens is 346 g/mol. The van der Waals surface area contributed by atoms with Crippen LogP contribution in [-0.2, 0) is 4.79 Å². The molecule has 0 saturated carbocycles. The molecule has 4 rings (SSSR count). The molecule has 130 valence electrons. The highest BCUT2D eigenvalue weighted by atomic mass is 32.2. The molecule has 0 aliphatic carbocycles. The SMILES string of the molecule is CC(=O)CSc1nc2c([nH]c3ccccc32)c(=O)n1-c1ccccc1C. The lowest BCUT2D eigenvalue weighted by Gasteiger charge is -2.13. The Morgan fingerprint density at radius 2 is 1.88 bits per heavy atom. The number of carbonyl (C=O) groups is 1. The quantitative estimate of drug-likeness (QED) is 0.442. The van der Waals surface area contributed by atoms with Gasteiger partial charge in [0, 0.05) is 10.9 Å². The lowest BCUT2D eigenvalue weighted by Crippen LogP contribution is -2.22. The molecule has 6 heteroatoms. The van der Waals surface area contributed by atoms with Gasteiger partial charge in [-0.2, -0.15) is 0 Å². The summed E-state index contributed by atoms with van der Waals surface area (Å²) in [6.07, 6.45) is 0. The maximum atomic E-state index is 13.3. The highest BCUT2D eigenvalue weighted by molar-refractivity contribution is 7.99. The number of para-hydroxylation sites is 2. The Morgan fingerprint density at radius 1 is 1.15 bits per heavy atom. The normalized spacial score (nSPS) is 11.3. The molecule has 0 aliphatic rings. The highest BCUT2D eigenvalue weighted by Crippen LogP contribution is 2.27. The number of nitrogens with one attached hydrogen (secondary N) is 1. The van der Waals surface area contributed by atoms with Gasteiger partial charge < -0.3 is 4.98 Å². The lowest BCUT2D eigenvalue weighted by atomic mass is 10.2. The summed E-state index contributed by atoms with van der Waals surface area (Å²) in [6.45, 7) is 3.49. The number of carbonyl (C=O) groups excluding carboxylic acids is 1. The zero-order chi connectivity index (χ0) is 18.3. The molecule has 0 bridgehead atoms. The van der Waals surface area contributed by atoms with Gasteiger partial charge in [-0.1, -0.05) is 48.2 Å². The lowest BCUT2D eigenvalue weighted by molar-refractivity contribution is -0.114. The molecule has 0 atom stereocenters. The number of aromatic amines is 1. The molecule has 0 unspecified atom stereocenters. The smallest absolute Gasteiger partial charge is 0.283 e. The van der Waals surface area contributed by atoms with Crippen LogP contribution in [0.2, 0.25) is 0 Å². The second-order valence-electron chi connectivity index (χ2n) is 6.21. The molecule has 2 aromatic carbocycles. The molecular formula is C20H17N3O2S. The van der Waals surface area contributed by atoms with Gasteiger partial charge in [-0.3, -0.25) is 14.2 Å². The Labute approximate surface area is 154 Å². The Bertz CT molecular complexity index is 1210. The zero-order valence-electron chi connectivity index (χ0n) is 14.4. The third-order valence-corrected chi connectivity index (χ3v) is 5.34. The number of ketones is 1. The van der Waals surface area contributed by atoms with Crippen molar-refractivity contribution in [1.29, 1.82) is 0 Å². The summed E-state index contributed by atoms with van der Waals surface area (Å²) in [7, 11) is 0. The number of aromatic nitrogens is 3. The van der Waals surface area contributed by atoms with E-state index in [1.807, 2.05) is 55.5 Å². The standard InChI is InChI=1S/C20H17N3O2S/c1-12-7-3-6-10-16(12)23-19(25)18-17(22-20(23)26-11-13(2)24)14-8-4-5-9-15(14)21-18/h3-10,21H,11H2,1-2H3. The van der Waals surface area contributed by atoms with E-state index < -0.39 is 0 Å². The molecule has 0 radical (unpaired) electrons. The van der Waals surface area contributed by atoms with Gasteiger partial charge in [-0.15, -0.1) is 0 Å². The summed E-state index contributed by atoms with van der Waals surface area (Å²) in [6, 6.07) is 15.4. The van der Waals surface area contributed by atoms with Gasteiger partial charge in [0.25, 0.3) is 5.56 Å². The predicted octanol–water partition coefficient (Wildman–Crippen LogP) is 3.86. The maximum Gasteiger partial charge on any atom is 0.283 e. The van der Waals surface area contributed by atoms with Crippen molar-refractivity contribution in [3.63, 3.8) is 0 Å². The predicted molar refractivity (Wildman–Crippen MR) is 105 cm³/mol. The summed E-state index contributed by atoms with van der Waals surface area (Å²) in [5, 5.41) is 1.43. The van der Waals surface area contributed by atoms with E-state index in [1.165, 1.54) is 18.7 Å². The van der Waals surface area contributed by atoms with Crippen molar-refractivity contribution in [1.82, 2.24) is 14.5 Å². The number of H-pyrrole nitrogens is 1. The maximum absolute atomic E-state index is 13.3. The van der Waals surface area contributed by atoms with Crippen molar-refractivity contribution < 1.29 is 4.79 Å². The first-order valence-corrected chi connectivity index (χ1v) is 9.26. The molecule has 5 nitrogen and oxygen atoms in total. The van der Waals surface area contributed by atoms with Crippen LogP contribution in [0.5, 0.6) is 0 Å². The van der Waals surface area contributed by atoms with Crippen LogP contribution in [0.4, 0.5) is 0 Å². The van der Waals surface area contributed by atoms with Crippen LogP contribution in [0.1, 0.15) is 12.5 Å². The third kappa shape index (κ3) is 2.72. The number of fused-ring (bicyclic) bond motifs is 3. The summed E-state index contributed by atoms with van der Waals surface area (Å²) >= 11 is 1.29. The van der Waals surface area contributed by atoms with E-state index in [4.69, 9.17) is 4.98 Å². The highest BCUT2D eigenvalue weighted by Gasteiger charge is 2.18. The minimum absolute atomic E-state index is 0.0413. The van der Waals surface area contributed by atoms with Crippen LogP contribution < -0.4 is 5.56 Å². The molecule has 26 heavy (non-hydrogen) atoms.